The van der Waals surface area contributed by atoms with Crippen LogP contribution in [0.5, 0.6) is 0 Å². The predicted molar refractivity (Wildman–Crippen MR) is 80.6 cm³/mol. The molecule has 18 heavy (non-hydrogen) atoms. The van der Waals surface area contributed by atoms with Crippen molar-refractivity contribution in [3.63, 3.8) is 0 Å². The first-order valence-electron chi connectivity index (χ1n) is 7.39. The zero-order valence-electron chi connectivity index (χ0n) is 10.9. The Hall–Kier alpha value is 0.390. The lowest BCUT2D eigenvalue weighted by Crippen LogP contribution is -2.54. The second-order valence-electron chi connectivity index (χ2n) is 6.04. The van der Waals surface area contributed by atoms with Crippen LogP contribution < -0.4 is 0 Å². The van der Waals surface area contributed by atoms with Crippen LogP contribution in [-0.2, 0) is 9.47 Å². The van der Waals surface area contributed by atoms with Gasteiger partial charge in [-0.25, -0.2) is 0 Å². The largest absolute Gasteiger partial charge is 0.353 e. The van der Waals surface area contributed by atoms with E-state index in [0.717, 1.165) is 24.9 Å². The van der Waals surface area contributed by atoms with Gasteiger partial charge < -0.3 is 9.47 Å². The number of hydrogen-bond donors (Lipinski definition) is 0. The van der Waals surface area contributed by atoms with Gasteiger partial charge in [-0.15, -0.1) is 0 Å². The SMILES string of the molecule is IC=CCC1CC2(OC3CCCCO3)CCCC12. The first-order valence-corrected chi connectivity index (χ1v) is 8.63. The third-order valence-corrected chi connectivity index (χ3v) is 5.51. The fraction of sp³-hybridized carbons (Fsp3) is 0.867. The number of fused-ring (bicyclic) bond motifs is 1. The van der Waals surface area contributed by atoms with Gasteiger partial charge in [0.15, 0.2) is 6.29 Å². The van der Waals surface area contributed by atoms with Crippen molar-refractivity contribution in [3.05, 3.63) is 10.2 Å². The third kappa shape index (κ3) is 2.50. The smallest absolute Gasteiger partial charge is 0.158 e. The van der Waals surface area contributed by atoms with Crippen LogP contribution in [0.25, 0.3) is 0 Å². The summed E-state index contributed by atoms with van der Waals surface area (Å²) in [5, 5.41) is 0. The van der Waals surface area contributed by atoms with E-state index >= 15 is 0 Å². The van der Waals surface area contributed by atoms with Crippen molar-refractivity contribution in [1.82, 2.24) is 0 Å². The second kappa shape index (κ2) is 5.80. The van der Waals surface area contributed by atoms with E-state index in [2.05, 4.69) is 32.7 Å². The minimum absolute atomic E-state index is 0.0976. The summed E-state index contributed by atoms with van der Waals surface area (Å²) in [4.78, 5) is 0. The standard InChI is InChI=1S/C15H23IO2/c16-9-4-5-12-11-15(8-3-6-13(12)15)18-14-7-1-2-10-17-14/h4,9,12-14H,1-3,5-8,10-11H2. The van der Waals surface area contributed by atoms with Crippen LogP contribution in [0.4, 0.5) is 0 Å². The van der Waals surface area contributed by atoms with Gasteiger partial charge in [-0.1, -0.05) is 35.1 Å². The molecule has 0 amide bonds. The van der Waals surface area contributed by atoms with Crippen LogP contribution in [0.2, 0.25) is 0 Å². The molecule has 0 aromatic heterocycles. The molecule has 1 aliphatic heterocycles. The number of allylic oxidation sites excluding steroid dienone is 1. The Morgan fingerprint density at radius 2 is 2.22 bits per heavy atom. The summed E-state index contributed by atoms with van der Waals surface area (Å²) in [5.74, 6) is 1.66. The maximum absolute atomic E-state index is 6.40. The molecule has 3 fully saturated rings. The normalized spacial score (nSPS) is 43.9. The number of hydrogen-bond acceptors (Lipinski definition) is 2. The monoisotopic (exact) mass is 362 g/mol. The average molecular weight is 362 g/mol. The van der Waals surface area contributed by atoms with Gasteiger partial charge in [-0.05, 0) is 60.9 Å². The lowest BCUT2D eigenvalue weighted by Gasteiger charge is -2.52. The lowest BCUT2D eigenvalue weighted by atomic mass is 9.61. The average Bonchev–Trinajstić information content (AvgIpc) is 2.70. The quantitative estimate of drug-likeness (QED) is 0.689. The van der Waals surface area contributed by atoms with Crippen molar-refractivity contribution in [2.24, 2.45) is 11.8 Å². The molecule has 1 heterocycles. The molecule has 0 radical (unpaired) electrons. The third-order valence-electron chi connectivity index (χ3n) is 5.00. The van der Waals surface area contributed by atoms with E-state index in [-0.39, 0.29) is 11.9 Å². The molecule has 0 aromatic rings. The van der Waals surface area contributed by atoms with Crippen molar-refractivity contribution >= 4 is 22.6 Å². The van der Waals surface area contributed by atoms with Crippen molar-refractivity contribution < 1.29 is 9.47 Å². The molecule has 3 heteroatoms. The van der Waals surface area contributed by atoms with Crippen LogP contribution in [0.3, 0.4) is 0 Å². The van der Waals surface area contributed by atoms with E-state index in [1.807, 2.05) is 0 Å². The van der Waals surface area contributed by atoms with E-state index in [1.54, 1.807) is 0 Å². The van der Waals surface area contributed by atoms with E-state index in [1.165, 1.54) is 44.9 Å². The molecule has 1 saturated heterocycles. The van der Waals surface area contributed by atoms with Crippen LogP contribution in [-0.4, -0.2) is 18.5 Å². The van der Waals surface area contributed by atoms with Crippen LogP contribution >= 0.6 is 22.6 Å². The van der Waals surface area contributed by atoms with E-state index < -0.39 is 0 Å². The van der Waals surface area contributed by atoms with Crippen LogP contribution in [0.15, 0.2) is 10.2 Å². The van der Waals surface area contributed by atoms with Gasteiger partial charge in [-0.2, -0.15) is 0 Å². The van der Waals surface area contributed by atoms with Gasteiger partial charge in [0, 0.05) is 6.61 Å². The topological polar surface area (TPSA) is 18.5 Å². The zero-order valence-corrected chi connectivity index (χ0v) is 13.1. The first-order chi connectivity index (χ1) is 8.84. The molecule has 4 atom stereocenters. The van der Waals surface area contributed by atoms with Crippen molar-refractivity contribution in [2.45, 2.75) is 63.3 Å². The second-order valence-corrected chi connectivity index (χ2v) is 6.76. The van der Waals surface area contributed by atoms with Gasteiger partial charge in [0.25, 0.3) is 0 Å². The summed E-state index contributed by atoms with van der Waals surface area (Å²) in [6.07, 6.45) is 12.5. The molecule has 102 valence electrons. The summed E-state index contributed by atoms with van der Waals surface area (Å²) >= 11 is 2.32. The summed E-state index contributed by atoms with van der Waals surface area (Å²) in [6.45, 7) is 0.895. The molecule has 0 bridgehead atoms. The van der Waals surface area contributed by atoms with E-state index in [9.17, 15) is 0 Å². The van der Waals surface area contributed by atoms with Crippen LogP contribution in [0, 0.1) is 11.8 Å². The fourth-order valence-electron chi connectivity index (χ4n) is 4.15. The summed E-state index contributed by atoms with van der Waals surface area (Å²) in [7, 11) is 0. The molecule has 3 rings (SSSR count). The Balaban J connectivity index is 1.57. The highest BCUT2D eigenvalue weighted by atomic mass is 127. The minimum Gasteiger partial charge on any atom is -0.353 e. The summed E-state index contributed by atoms with van der Waals surface area (Å²) < 4.78 is 14.3. The van der Waals surface area contributed by atoms with Gasteiger partial charge in [0.05, 0.1) is 5.60 Å². The van der Waals surface area contributed by atoms with Gasteiger partial charge >= 0.3 is 0 Å². The summed E-state index contributed by atoms with van der Waals surface area (Å²) in [5.41, 5.74) is 0.200. The molecule has 2 aliphatic carbocycles. The Kier molecular flexibility index (Phi) is 4.31. The molecule has 3 aliphatic rings. The molecule has 2 saturated carbocycles. The number of halogens is 1. The molecule has 2 nitrogen and oxygen atoms in total. The highest BCUT2D eigenvalue weighted by molar-refractivity contribution is 14.1. The van der Waals surface area contributed by atoms with Gasteiger partial charge in [0.2, 0.25) is 0 Å². The predicted octanol–water partition coefficient (Wildman–Crippen LogP) is 4.43. The van der Waals surface area contributed by atoms with E-state index in [0.29, 0.717) is 0 Å². The maximum Gasteiger partial charge on any atom is 0.158 e. The van der Waals surface area contributed by atoms with Crippen molar-refractivity contribution in [1.29, 1.82) is 0 Å². The van der Waals surface area contributed by atoms with Gasteiger partial charge in [-0.3, -0.25) is 0 Å². The minimum atomic E-state index is 0.0976. The molecule has 0 N–H and O–H groups in total. The van der Waals surface area contributed by atoms with Crippen molar-refractivity contribution in [3.8, 4) is 0 Å². The summed E-state index contributed by atoms with van der Waals surface area (Å²) in [6, 6.07) is 0. The number of rotatable bonds is 4. The van der Waals surface area contributed by atoms with Crippen molar-refractivity contribution in [2.75, 3.05) is 6.61 Å². The molecule has 0 spiro atoms. The zero-order chi connectivity index (χ0) is 12.4. The lowest BCUT2D eigenvalue weighted by molar-refractivity contribution is -0.272. The molecule has 0 aromatic carbocycles. The molecular formula is C15H23IO2. The fourth-order valence-corrected chi connectivity index (χ4v) is 4.44. The van der Waals surface area contributed by atoms with E-state index in [4.69, 9.17) is 9.47 Å². The van der Waals surface area contributed by atoms with Gasteiger partial charge in [0.1, 0.15) is 0 Å². The highest BCUT2D eigenvalue weighted by Gasteiger charge is 2.57. The molecular weight excluding hydrogens is 339 g/mol. The maximum atomic E-state index is 6.40. The first kappa shape index (κ1) is 13.4. The highest BCUT2D eigenvalue weighted by Crippen LogP contribution is 2.58. The Bertz CT molecular complexity index is 312. The Morgan fingerprint density at radius 3 is 3.00 bits per heavy atom. The Labute approximate surface area is 124 Å². The number of ether oxygens (including phenoxy) is 2. The Morgan fingerprint density at radius 1 is 1.28 bits per heavy atom. The molecule has 4 unspecified atom stereocenters. The van der Waals surface area contributed by atoms with Crippen LogP contribution in [0.1, 0.15) is 51.4 Å².